The number of aliphatic hydroxyl groups excluding tert-OH is 1. The maximum atomic E-state index is 11.8. The minimum absolute atomic E-state index is 0.246. The van der Waals surface area contributed by atoms with Crippen LogP contribution in [0.1, 0.15) is 41.6 Å². The van der Waals surface area contributed by atoms with Gasteiger partial charge in [0.25, 0.3) is 0 Å². The zero-order valence-corrected chi connectivity index (χ0v) is 12.1. The molecule has 0 aromatic heterocycles. The number of aliphatic hydroxyl groups is 1. The van der Waals surface area contributed by atoms with Gasteiger partial charge in [0, 0.05) is 25.4 Å². The van der Waals surface area contributed by atoms with Crippen molar-refractivity contribution in [2.75, 3.05) is 31.7 Å². The van der Waals surface area contributed by atoms with Crippen molar-refractivity contribution in [1.82, 2.24) is 0 Å². The number of anilines is 1. The fourth-order valence-electron chi connectivity index (χ4n) is 2.83. The molecule has 4 nitrogen and oxygen atoms in total. The van der Waals surface area contributed by atoms with Gasteiger partial charge in [0.05, 0.1) is 12.7 Å². The molecule has 2 rings (SSSR count). The molecule has 1 aromatic rings. The molecule has 0 atom stereocenters. The SMILES string of the molecule is COC(=O)c1cccc2c1CCCN2CCCCCO. The van der Waals surface area contributed by atoms with E-state index < -0.39 is 0 Å². The van der Waals surface area contributed by atoms with Crippen molar-refractivity contribution in [2.24, 2.45) is 0 Å². The third-order valence-electron chi connectivity index (χ3n) is 3.84. The first-order chi connectivity index (χ1) is 9.77. The third kappa shape index (κ3) is 3.31. The standard InChI is InChI=1S/C16H23NO3/c1-20-16(19)14-7-5-9-15-13(14)8-6-11-17(15)10-3-2-4-12-18/h5,7,9,18H,2-4,6,8,10-12H2,1H3. The molecule has 20 heavy (non-hydrogen) atoms. The summed E-state index contributed by atoms with van der Waals surface area (Å²) >= 11 is 0. The van der Waals surface area contributed by atoms with E-state index in [-0.39, 0.29) is 12.6 Å². The maximum absolute atomic E-state index is 11.8. The van der Waals surface area contributed by atoms with Gasteiger partial charge in [0.2, 0.25) is 0 Å². The second-order valence-corrected chi connectivity index (χ2v) is 5.17. The minimum Gasteiger partial charge on any atom is -0.465 e. The predicted molar refractivity (Wildman–Crippen MR) is 79.3 cm³/mol. The first-order valence-electron chi connectivity index (χ1n) is 7.34. The van der Waals surface area contributed by atoms with E-state index in [1.54, 1.807) is 0 Å². The van der Waals surface area contributed by atoms with Crippen LogP contribution in [0, 0.1) is 0 Å². The van der Waals surface area contributed by atoms with E-state index in [1.807, 2.05) is 12.1 Å². The highest BCUT2D eigenvalue weighted by Gasteiger charge is 2.22. The van der Waals surface area contributed by atoms with Crippen molar-refractivity contribution >= 4 is 11.7 Å². The summed E-state index contributed by atoms with van der Waals surface area (Å²) in [6, 6.07) is 5.87. The van der Waals surface area contributed by atoms with Crippen LogP contribution in [0.3, 0.4) is 0 Å². The van der Waals surface area contributed by atoms with Crippen LogP contribution < -0.4 is 4.90 Å². The number of benzene rings is 1. The third-order valence-corrected chi connectivity index (χ3v) is 3.84. The number of ether oxygens (including phenoxy) is 1. The number of rotatable bonds is 6. The first kappa shape index (κ1) is 14.9. The second-order valence-electron chi connectivity index (χ2n) is 5.17. The summed E-state index contributed by atoms with van der Waals surface area (Å²) in [4.78, 5) is 14.2. The van der Waals surface area contributed by atoms with Gasteiger partial charge in [0.15, 0.2) is 0 Å². The lowest BCUT2D eigenvalue weighted by atomic mass is 9.96. The van der Waals surface area contributed by atoms with Crippen molar-refractivity contribution in [3.8, 4) is 0 Å². The monoisotopic (exact) mass is 277 g/mol. The van der Waals surface area contributed by atoms with Crippen molar-refractivity contribution < 1.29 is 14.6 Å². The van der Waals surface area contributed by atoms with Crippen LogP contribution in [-0.4, -0.2) is 37.9 Å². The zero-order chi connectivity index (χ0) is 14.4. The average Bonchev–Trinajstić information content (AvgIpc) is 2.50. The molecule has 0 fully saturated rings. The molecule has 1 aliphatic heterocycles. The Hall–Kier alpha value is -1.55. The molecule has 1 aliphatic rings. The molecule has 0 unspecified atom stereocenters. The molecule has 1 N–H and O–H groups in total. The van der Waals surface area contributed by atoms with Gasteiger partial charge in [-0.2, -0.15) is 0 Å². The molecule has 0 saturated heterocycles. The molecule has 0 aliphatic carbocycles. The topological polar surface area (TPSA) is 49.8 Å². The number of hydrogen-bond acceptors (Lipinski definition) is 4. The lowest BCUT2D eigenvalue weighted by Crippen LogP contribution is -2.31. The summed E-state index contributed by atoms with van der Waals surface area (Å²) in [6.45, 7) is 2.29. The number of fused-ring (bicyclic) bond motifs is 1. The van der Waals surface area contributed by atoms with Crippen molar-refractivity contribution in [3.63, 3.8) is 0 Å². The molecule has 4 heteroatoms. The van der Waals surface area contributed by atoms with Crippen molar-refractivity contribution in [3.05, 3.63) is 29.3 Å². The van der Waals surface area contributed by atoms with E-state index >= 15 is 0 Å². The van der Waals surface area contributed by atoms with E-state index in [9.17, 15) is 4.79 Å². The van der Waals surface area contributed by atoms with E-state index in [2.05, 4.69) is 11.0 Å². The Morgan fingerprint density at radius 2 is 2.20 bits per heavy atom. The Morgan fingerprint density at radius 1 is 1.35 bits per heavy atom. The lowest BCUT2D eigenvalue weighted by molar-refractivity contribution is 0.0599. The largest absolute Gasteiger partial charge is 0.465 e. The van der Waals surface area contributed by atoms with E-state index in [4.69, 9.17) is 9.84 Å². The Balaban J connectivity index is 2.12. The summed E-state index contributed by atoms with van der Waals surface area (Å²) < 4.78 is 4.87. The zero-order valence-electron chi connectivity index (χ0n) is 12.1. The molecule has 0 saturated carbocycles. The summed E-state index contributed by atoms with van der Waals surface area (Å²) in [7, 11) is 1.43. The van der Waals surface area contributed by atoms with Crippen LogP contribution in [0.5, 0.6) is 0 Å². The highest BCUT2D eigenvalue weighted by atomic mass is 16.5. The van der Waals surface area contributed by atoms with Crippen LogP contribution in [-0.2, 0) is 11.2 Å². The summed E-state index contributed by atoms with van der Waals surface area (Å²) in [5.41, 5.74) is 2.99. The summed E-state index contributed by atoms with van der Waals surface area (Å²) in [5, 5.41) is 8.82. The molecular weight excluding hydrogens is 254 g/mol. The van der Waals surface area contributed by atoms with E-state index in [0.717, 1.165) is 50.8 Å². The van der Waals surface area contributed by atoms with Gasteiger partial charge in [0.1, 0.15) is 0 Å². The Kier molecular flexibility index (Phi) is 5.41. The lowest BCUT2D eigenvalue weighted by Gasteiger charge is -2.32. The van der Waals surface area contributed by atoms with Gasteiger partial charge in [-0.15, -0.1) is 0 Å². The van der Waals surface area contributed by atoms with Gasteiger partial charge in [-0.05, 0) is 49.8 Å². The van der Waals surface area contributed by atoms with Crippen LogP contribution in [0.15, 0.2) is 18.2 Å². The fraction of sp³-hybridized carbons (Fsp3) is 0.562. The van der Waals surface area contributed by atoms with Gasteiger partial charge >= 0.3 is 5.97 Å². The van der Waals surface area contributed by atoms with Gasteiger partial charge < -0.3 is 14.7 Å². The number of unbranched alkanes of at least 4 members (excludes halogenated alkanes) is 2. The van der Waals surface area contributed by atoms with Crippen LogP contribution in [0.4, 0.5) is 5.69 Å². The molecule has 110 valence electrons. The fourth-order valence-corrected chi connectivity index (χ4v) is 2.83. The van der Waals surface area contributed by atoms with Gasteiger partial charge in [-0.3, -0.25) is 0 Å². The second kappa shape index (κ2) is 7.29. The molecule has 0 spiro atoms. The number of carbonyl (C=O) groups excluding carboxylic acids is 1. The number of nitrogens with zero attached hydrogens (tertiary/aromatic N) is 1. The summed E-state index contributed by atoms with van der Waals surface area (Å²) in [6.07, 6.45) is 4.99. The number of hydrogen-bond donors (Lipinski definition) is 1. The predicted octanol–water partition coefficient (Wildman–Crippen LogP) is 2.39. The molecule has 0 amide bonds. The van der Waals surface area contributed by atoms with E-state index in [0.29, 0.717) is 5.56 Å². The minimum atomic E-state index is -0.246. The Bertz CT molecular complexity index is 459. The van der Waals surface area contributed by atoms with Crippen LogP contribution in [0.25, 0.3) is 0 Å². The first-order valence-corrected chi connectivity index (χ1v) is 7.34. The van der Waals surface area contributed by atoms with Gasteiger partial charge in [-0.1, -0.05) is 6.07 Å². The molecule has 1 heterocycles. The summed E-state index contributed by atoms with van der Waals surface area (Å²) in [5.74, 6) is -0.246. The smallest absolute Gasteiger partial charge is 0.338 e. The Morgan fingerprint density at radius 3 is 2.95 bits per heavy atom. The molecule has 0 bridgehead atoms. The highest BCUT2D eigenvalue weighted by molar-refractivity contribution is 5.93. The average molecular weight is 277 g/mol. The van der Waals surface area contributed by atoms with Crippen molar-refractivity contribution in [1.29, 1.82) is 0 Å². The number of methoxy groups -OCH3 is 1. The van der Waals surface area contributed by atoms with Crippen LogP contribution in [0.2, 0.25) is 0 Å². The van der Waals surface area contributed by atoms with E-state index in [1.165, 1.54) is 12.8 Å². The quantitative estimate of drug-likeness (QED) is 0.641. The maximum Gasteiger partial charge on any atom is 0.338 e. The van der Waals surface area contributed by atoms with Crippen LogP contribution >= 0.6 is 0 Å². The normalized spacial score (nSPS) is 14.0. The number of carbonyl (C=O) groups is 1. The highest BCUT2D eigenvalue weighted by Crippen LogP contribution is 2.30. The van der Waals surface area contributed by atoms with Crippen molar-refractivity contribution in [2.45, 2.75) is 32.1 Å². The van der Waals surface area contributed by atoms with Gasteiger partial charge in [-0.25, -0.2) is 4.79 Å². The molecular formula is C16H23NO3. The Labute approximate surface area is 120 Å². The number of esters is 1. The molecule has 0 radical (unpaired) electrons. The molecule has 1 aromatic carbocycles.